The molecule has 0 aromatic heterocycles. The minimum Gasteiger partial charge on any atom is -0.497 e. The Morgan fingerprint density at radius 3 is 2.35 bits per heavy atom. The normalized spacial score (nSPS) is 13.5. The smallest absolute Gasteiger partial charge is 0.254 e. The van der Waals surface area contributed by atoms with Gasteiger partial charge in [-0.3, -0.25) is 4.79 Å². The summed E-state index contributed by atoms with van der Waals surface area (Å²) in [4.78, 5) is 14.8. The van der Waals surface area contributed by atoms with Gasteiger partial charge in [0.05, 0.1) is 14.2 Å². The van der Waals surface area contributed by atoms with Crippen LogP contribution >= 0.6 is 0 Å². The Morgan fingerprint density at radius 1 is 1.04 bits per heavy atom. The molecule has 0 unspecified atom stereocenters. The summed E-state index contributed by atoms with van der Waals surface area (Å²) in [6, 6.07) is 15.6. The highest BCUT2D eigenvalue weighted by molar-refractivity contribution is 5.95. The predicted octanol–water partition coefficient (Wildman–Crippen LogP) is 3.51. The quantitative estimate of drug-likeness (QED) is 0.819. The zero-order valence-corrected chi connectivity index (χ0v) is 13.5. The van der Waals surface area contributed by atoms with Gasteiger partial charge in [0.1, 0.15) is 11.5 Å². The summed E-state index contributed by atoms with van der Waals surface area (Å²) in [6.07, 6.45) is 2.15. The number of methoxy groups -OCH3 is 2. The molecule has 0 spiro atoms. The van der Waals surface area contributed by atoms with Crippen LogP contribution in [0.3, 0.4) is 0 Å². The van der Waals surface area contributed by atoms with E-state index in [-0.39, 0.29) is 5.91 Å². The minimum absolute atomic E-state index is 0.0576. The lowest BCUT2D eigenvalue weighted by Crippen LogP contribution is -2.32. The summed E-state index contributed by atoms with van der Waals surface area (Å²) in [5.74, 6) is 1.59. The van der Waals surface area contributed by atoms with Crippen molar-refractivity contribution in [2.24, 2.45) is 0 Å². The molecule has 120 valence electrons. The Kier molecular flexibility index (Phi) is 4.51. The molecule has 0 bridgehead atoms. The van der Waals surface area contributed by atoms with E-state index >= 15 is 0 Å². The van der Waals surface area contributed by atoms with Crippen LogP contribution < -0.4 is 9.47 Å². The van der Waals surface area contributed by atoms with Crippen molar-refractivity contribution in [2.45, 2.75) is 25.4 Å². The van der Waals surface area contributed by atoms with Gasteiger partial charge >= 0.3 is 0 Å². The Hall–Kier alpha value is -2.49. The zero-order chi connectivity index (χ0) is 16.2. The summed E-state index contributed by atoms with van der Waals surface area (Å²) in [6.45, 7) is 0.616. The number of amides is 1. The lowest BCUT2D eigenvalue weighted by atomic mass is 10.1. The second-order valence-electron chi connectivity index (χ2n) is 5.74. The van der Waals surface area contributed by atoms with Crippen LogP contribution in [-0.2, 0) is 6.54 Å². The van der Waals surface area contributed by atoms with E-state index in [0.29, 0.717) is 23.9 Å². The van der Waals surface area contributed by atoms with E-state index < -0.39 is 0 Å². The molecule has 1 aliphatic carbocycles. The first-order valence-corrected chi connectivity index (χ1v) is 7.79. The first-order valence-electron chi connectivity index (χ1n) is 7.79. The van der Waals surface area contributed by atoms with E-state index in [4.69, 9.17) is 9.47 Å². The molecule has 0 heterocycles. The van der Waals surface area contributed by atoms with Crippen molar-refractivity contribution in [3.63, 3.8) is 0 Å². The van der Waals surface area contributed by atoms with Gasteiger partial charge in [0.25, 0.3) is 5.91 Å². The zero-order valence-electron chi connectivity index (χ0n) is 13.5. The number of hydrogen-bond acceptors (Lipinski definition) is 3. The summed E-state index contributed by atoms with van der Waals surface area (Å²) in [5, 5.41) is 0. The number of benzene rings is 2. The standard InChI is InChI=1S/C19H21NO3/c1-22-17-10-6-14(7-11-17)13-20(16-8-9-16)19(21)15-4-3-5-18(12-15)23-2/h3-7,10-12,16H,8-9,13H2,1-2H3. The SMILES string of the molecule is COc1ccc(CN(C(=O)c2cccc(OC)c2)C2CC2)cc1. The fourth-order valence-electron chi connectivity index (χ4n) is 2.60. The molecule has 0 atom stereocenters. The van der Waals surface area contributed by atoms with Crippen LogP contribution in [0.5, 0.6) is 11.5 Å². The molecule has 4 heteroatoms. The topological polar surface area (TPSA) is 38.8 Å². The van der Waals surface area contributed by atoms with Crippen molar-refractivity contribution in [1.29, 1.82) is 0 Å². The number of nitrogens with zero attached hydrogens (tertiary/aromatic N) is 1. The molecule has 2 aromatic rings. The van der Waals surface area contributed by atoms with Crippen LogP contribution in [0.25, 0.3) is 0 Å². The molecule has 1 aliphatic rings. The molecule has 1 amide bonds. The average Bonchev–Trinajstić information content (AvgIpc) is 3.44. The van der Waals surface area contributed by atoms with Gasteiger partial charge in [-0.15, -0.1) is 0 Å². The van der Waals surface area contributed by atoms with Crippen LogP contribution in [0.1, 0.15) is 28.8 Å². The fourth-order valence-corrected chi connectivity index (χ4v) is 2.60. The first kappa shape index (κ1) is 15.4. The van der Waals surface area contributed by atoms with Gasteiger partial charge in [-0.1, -0.05) is 18.2 Å². The minimum atomic E-state index is 0.0576. The highest BCUT2D eigenvalue weighted by Gasteiger charge is 2.33. The van der Waals surface area contributed by atoms with Crippen molar-refractivity contribution in [3.05, 3.63) is 59.7 Å². The molecule has 3 rings (SSSR count). The van der Waals surface area contributed by atoms with Crippen LogP contribution in [-0.4, -0.2) is 31.1 Å². The molecule has 0 N–H and O–H groups in total. The fraction of sp³-hybridized carbons (Fsp3) is 0.316. The summed E-state index contributed by atoms with van der Waals surface area (Å²) in [5.41, 5.74) is 1.78. The van der Waals surface area contributed by atoms with Crippen LogP contribution in [0, 0.1) is 0 Å². The van der Waals surface area contributed by atoms with E-state index in [2.05, 4.69) is 0 Å². The second kappa shape index (κ2) is 6.73. The van der Waals surface area contributed by atoms with Crippen molar-refractivity contribution >= 4 is 5.91 Å². The lowest BCUT2D eigenvalue weighted by molar-refractivity contribution is 0.0729. The molecule has 23 heavy (non-hydrogen) atoms. The lowest BCUT2D eigenvalue weighted by Gasteiger charge is -2.23. The van der Waals surface area contributed by atoms with Crippen molar-refractivity contribution in [1.82, 2.24) is 4.90 Å². The maximum Gasteiger partial charge on any atom is 0.254 e. The van der Waals surface area contributed by atoms with Crippen LogP contribution in [0.2, 0.25) is 0 Å². The van der Waals surface area contributed by atoms with Gasteiger partial charge < -0.3 is 14.4 Å². The number of rotatable bonds is 6. The van der Waals surface area contributed by atoms with Crippen molar-refractivity contribution in [3.8, 4) is 11.5 Å². The molecular formula is C19H21NO3. The maximum atomic E-state index is 12.9. The van der Waals surface area contributed by atoms with Gasteiger partial charge in [0.2, 0.25) is 0 Å². The Morgan fingerprint density at radius 2 is 1.74 bits per heavy atom. The number of carbonyl (C=O) groups is 1. The van der Waals surface area contributed by atoms with E-state index in [0.717, 1.165) is 24.2 Å². The monoisotopic (exact) mass is 311 g/mol. The molecule has 0 aliphatic heterocycles. The van der Waals surface area contributed by atoms with Crippen LogP contribution in [0.15, 0.2) is 48.5 Å². The number of carbonyl (C=O) groups excluding carboxylic acids is 1. The molecule has 0 radical (unpaired) electrons. The van der Waals surface area contributed by atoms with E-state index in [9.17, 15) is 4.79 Å². The third-order valence-electron chi connectivity index (χ3n) is 4.08. The predicted molar refractivity (Wildman–Crippen MR) is 88.9 cm³/mol. The summed E-state index contributed by atoms with van der Waals surface area (Å²) >= 11 is 0. The summed E-state index contributed by atoms with van der Waals surface area (Å²) in [7, 11) is 3.26. The largest absolute Gasteiger partial charge is 0.497 e. The first-order chi connectivity index (χ1) is 11.2. The van der Waals surface area contributed by atoms with Gasteiger partial charge in [-0.05, 0) is 48.7 Å². The molecular weight excluding hydrogens is 290 g/mol. The van der Waals surface area contributed by atoms with Crippen molar-refractivity contribution in [2.75, 3.05) is 14.2 Å². The molecule has 2 aromatic carbocycles. The van der Waals surface area contributed by atoms with Crippen molar-refractivity contribution < 1.29 is 14.3 Å². The van der Waals surface area contributed by atoms with Gasteiger partial charge in [-0.2, -0.15) is 0 Å². The number of ether oxygens (including phenoxy) is 2. The molecule has 4 nitrogen and oxygen atoms in total. The Labute approximate surface area is 136 Å². The third-order valence-corrected chi connectivity index (χ3v) is 4.08. The van der Waals surface area contributed by atoms with Gasteiger partial charge in [0.15, 0.2) is 0 Å². The highest BCUT2D eigenvalue weighted by Crippen LogP contribution is 2.30. The molecule has 1 saturated carbocycles. The third kappa shape index (κ3) is 3.65. The van der Waals surface area contributed by atoms with E-state index in [1.54, 1.807) is 20.3 Å². The maximum absolute atomic E-state index is 12.9. The van der Waals surface area contributed by atoms with Gasteiger partial charge in [0, 0.05) is 18.2 Å². The molecule has 0 saturated heterocycles. The Bertz CT molecular complexity index is 677. The second-order valence-corrected chi connectivity index (χ2v) is 5.74. The number of hydrogen-bond donors (Lipinski definition) is 0. The van der Waals surface area contributed by atoms with Crippen LogP contribution in [0.4, 0.5) is 0 Å². The summed E-state index contributed by atoms with van der Waals surface area (Å²) < 4.78 is 10.4. The van der Waals surface area contributed by atoms with E-state index in [1.807, 2.05) is 47.4 Å². The van der Waals surface area contributed by atoms with E-state index in [1.165, 1.54) is 0 Å². The molecule has 1 fully saturated rings. The average molecular weight is 311 g/mol. The van der Waals surface area contributed by atoms with Gasteiger partial charge in [-0.25, -0.2) is 0 Å². The Balaban J connectivity index is 1.78. The highest BCUT2D eigenvalue weighted by atomic mass is 16.5.